The zero-order valence-electron chi connectivity index (χ0n) is 9.51. The van der Waals surface area contributed by atoms with Crippen LogP contribution in [-0.2, 0) is 0 Å². The summed E-state index contributed by atoms with van der Waals surface area (Å²) in [6.07, 6.45) is 2.12. The second kappa shape index (κ2) is 3.09. The molecule has 2 aliphatic heterocycles. The van der Waals surface area contributed by atoms with Gasteiger partial charge in [0.15, 0.2) is 6.67 Å². The van der Waals surface area contributed by atoms with Gasteiger partial charge in [0, 0.05) is 12.6 Å². The summed E-state index contributed by atoms with van der Waals surface area (Å²) in [5.41, 5.74) is 5.86. The topological polar surface area (TPSA) is 27.6 Å². The minimum Gasteiger partial charge on any atom is -0.242 e. The Morgan fingerprint density at radius 2 is 2.06 bits per heavy atom. The molecule has 0 fully saturated rings. The van der Waals surface area contributed by atoms with Crippen molar-refractivity contribution >= 4 is 11.5 Å². The van der Waals surface area contributed by atoms with E-state index in [1.165, 1.54) is 5.56 Å². The number of fused-ring (bicyclic) bond motifs is 1. The largest absolute Gasteiger partial charge is 0.272 e. The van der Waals surface area contributed by atoms with Crippen molar-refractivity contribution in [2.45, 2.75) is 0 Å². The first-order valence-corrected chi connectivity index (χ1v) is 5.39. The lowest BCUT2D eigenvalue weighted by atomic mass is 10.1. The minimum atomic E-state index is 0.667. The van der Waals surface area contributed by atoms with Gasteiger partial charge in [-0.1, -0.05) is 30.3 Å². The van der Waals surface area contributed by atoms with Crippen LogP contribution >= 0.6 is 0 Å². The van der Waals surface area contributed by atoms with Crippen molar-refractivity contribution in [3.05, 3.63) is 42.0 Å². The van der Waals surface area contributed by atoms with Crippen LogP contribution in [0.2, 0.25) is 0 Å². The van der Waals surface area contributed by atoms with Gasteiger partial charge in [0.2, 0.25) is 0 Å². The van der Waals surface area contributed by atoms with Crippen LogP contribution in [0.25, 0.3) is 5.70 Å². The molecule has 4 nitrogen and oxygen atoms in total. The summed E-state index contributed by atoms with van der Waals surface area (Å²) < 4.78 is 0.667. The van der Waals surface area contributed by atoms with E-state index in [0.717, 1.165) is 18.2 Å². The van der Waals surface area contributed by atoms with Crippen molar-refractivity contribution in [3.63, 3.8) is 0 Å². The lowest BCUT2D eigenvalue weighted by Gasteiger charge is -2.25. The fourth-order valence-electron chi connectivity index (χ4n) is 2.24. The molecule has 16 heavy (non-hydrogen) atoms. The van der Waals surface area contributed by atoms with Gasteiger partial charge in [-0.15, -0.1) is 5.10 Å². The number of nitrogens with zero attached hydrogens (tertiary/aromatic N) is 3. The molecular formula is C12H15N4+. The highest BCUT2D eigenvalue weighted by molar-refractivity contribution is 5.97. The quantitative estimate of drug-likeness (QED) is 0.713. The van der Waals surface area contributed by atoms with E-state index in [1.54, 1.807) is 0 Å². The molecule has 0 saturated carbocycles. The molecule has 1 atom stereocenters. The van der Waals surface area contributed by atoms with Crippen LogP contribution < -0.4 is 5.43 Å². The zero-order chi connectivity index (χ0) is 11.2. The van der Waals surface area contributed by atoms with Crippen LogP contribution in [0.5, 0.6) is 0 Å². The van der Waals surface area contributed by atoms with E-state index in [-0.39, 0.29) is 0 Å². The van der Waals surface area contributed by atoms with Gasteiger partial charge < -0.3 is 0 Å². The average Bonchev–Trinajstić information content (AvgIpc) is 2.70. The lowest BCUT2D eigenvalue weighted by molar-refractivity contribution is -0.856. The normalized spacial score (nSPS) is 27.2. The van der Waals surface area contributed by atoms with E-state index in [1.807, 2.05) is 18.1 Å². The molecular weight excluding hydrogens is 200 g/mol. The van der Waals surface area contributed by atoms with E-state index in [2.05, 4.69) is 47.9 Å². The molecule has 1 unspecified atom stereocenters. The first-order chi connectivity index (χ1) is 7.67. The smallest absolute Gasteiger partial charge is 0.242 e. The molecule has 3 rings (SSSR count). The number of hydrazone groups is 1. The molecule has 0 amide bonds. The Morgan fingerprint density at radius 1 is 1.31 bits per heavy atom. The number of likely N-dealkylation sites (N-methyl/N-ethyl adjacent to an activating group) is 1. The number of hydrogen-bond acceptors (Lipinski definition) is 3. The summed E-state index contributed by atoms with van der Waals surface area (Å²) in [5.74, 6) is 1.07. The number of hydrogen-bond donors (Lipinski definition) is 1. The standard InChI is InChI=1S/C12H15N4/c1-15-9-16(2)12(13-15)8-11(14-16)10-6-4-3-5-7-10/h3-8,14H,9H2,1-2H3/q+1. The Kier molecular flexibility index (Phi) is 1.82. The molecule has 1 N–H and O–H groups in total. The summed E-state index contributed by atoms with van der Waals surface area (Å²) >= 11 is 0. The highest BCUT2D eigenvalue weighted by Crippen LogP contribution is 2.25. The van der Waals surface area contributed by atoms with Crippen molar-refractivity contribution in [1.29, 1.82) is 0 Å². The average molecular weight is 215 g/mol. The van der Waals surface area contributed by atoms with E-state index >= 15 is 0 Å². The molecule has 82 valence electrons. The van der Waals surface area contributed by atoms with Gasteiger partial charge in [-0.2, -0.15) is 4.59 Å². The number of quaternary nitrogens is 1. The maximum Gasteiger partial charge on any atom is 0.272 e. The molecule has 1 aromatic rings. The van der Waals surface area contributed by atoms with E-state index in [0.29, 0.717) is 4.59 Å². The van der Waals surface area contributed by atoms with Crippen molar-refractivity contribution in [1.82, 2.24) is 10.4 Å². The number of benzene rings is 1. The molecule has 0 saturated heterocycles. The Balaban J connectivity index is 1.98. The predicted molar refractivity (Wildman–Crippen MR) is 63.8 cm³/mol. The Morgan fingerprint density at radius 3 is 2.75 bits per heavy atom. The Labute approximate surface area is 95.0 Å². The molecule has 2 aliphatic rings. The van der Waals surface area contributed by atoms with Crippen molar-refractivity contribution < 1.29 is 4.59 Å². The van der Waals surface area contributed by atoms with Gasteiger partial charge in [0.1, 0.15) is 5.70 Å². The van der Waals surface area contributed by atoms with E-state index < -0.39 is 0 Å². The van der Waals surface area contributed by atoms with Crippen LogP contribution in [0, 0.1) is 0 Å². The summed E-state index contributed by atoms with van der Waals surface area (Å²) in [6, 6.07) is 10.3. The number of amidine groups is 1. The van der Waals surface area contributed by atoms with Crippen molar-refractivity contribution in [2.75, 3.05) is 20.8 Å². The second-order valence-corrected chi connectivity index (χ2v) is 4.48. The fourth-order valence-corrected chi connectivity index (χ4v) is 2.24. The van der Waals surface area contributed by atoms with Gasteiger partial charge in [0.25, 0.3) is 5.84 Å². The summed E-state index contributed by atoms with van der Waals surface area (Å²) in [5, 5.41) is 6.44. The van der Waals surface area contributed by atoms with Crippen molar-refractivity contribution in [3.8, 4) is 0 Å². The highest BCUT2D eigenvalue weighted by Gasteiger charge is 2.42. The lowest BCUT2D eigenvalue weighted by Crippen LogP contribution is -2.53. The highest BCUT2D eigenvalue weighted by atomic mass is 15.8. The fraction of sp³-hybridized carbons (Fsp3) is 0.250. The zero-order valence-corrected chi connectivity index (χ0v) is 9.51. The molecule has 0 bridgehead atoms. The van der Waals surface area contributed by atoms with Gasteiger partial charge >= 0.3 is 0 Å². The molecule has 0 spiro atoms. The Bertz CT molecular complexity index is 477. The van der Waals surface area contributed by atoms with Crippen LogP contribution in [-0.4, -0.2) is 36.2 Å². The first-order valence-electron chi connectivity index (χ1n) is 5.39. The van der Waals surface area contributed by atoms with Crippen LogP contribution in [0.4, 0.5) is 0 Å². The molecule has 1 aromatic carbocycles. The molecule has 0 aromatic heterocycles. The van der Waals surface area contributed by atoms with E-state index in [4.69, 9.17) is 0 Å². The maximum atomic E-state index is 4.48. The van der Waals surface area contributed by atoms with Crippen LogP contribution in [0.1, 0.15) is 5.56 Å². The third kappa shape index (κ3) is 1.31. The van der Waals surface area contributed by atoms with Crippen LogP contribution in [0.15, 0.2) is 41.5 Å². The number of rotatable bonds is 1. The number of nitrogens with one attached hydrogen (secondary N) is 1. The third-order valence-corrected chi connectivity index (χ3v) is 2.99. The van der Waals surface area contributed by atoms with Gasteiger partial charge in [-0.3, -0.25) is 0 Å². The summed E-state index contributed by atoms with van der Waals surface area (Å²) in [7, 11) is 4.13. The van der Waals surface area contributed by atoms with Gasteiger partial charge in [0.05, 0.1) is 13.1 Å². The maximum absolute atomic E-state index is 4.48. The van der Waals surface area contributed by atoms with Gasteiger partial charge in [-0.05, 0) is 0 Å². The van der Waals surface area contributed by atoms with Crippen molar-refractivity contribution in [2.24, 2.45) is 5.10 Å². The molecule has 4 heteroatoms. The SMILES string of the molecule is CN1C[N+]2(C)NC(c3ccccc3)=CC2=N1. The summed E-state index contributed by atoms with van der Waals surface area (Å²) in [6.45, 7) is 0.863. The molecule has 2 heterocycles. The Hall–Kier alpha value is -1.81. The third-order valence-electron chi connectivity index (χ3n) is 2.99. The second-order valence-electron chi connectivity index (χ2n) is 4.48. The molecule has 0 aliphatic carbocycles. The predicted octanol–water partition coefficient (Wildman–Crippen LogP) is 1.21. The van der Waals surface area contributed by atoms with Gasteiger partial charge in [-0.25, -0.2) is 10.4 Å². The summed E-state index contributed by atoms with van der Waals surface area (Å²) in [4.78, 5) is 0. The monoisotopic (exact) mass is 215 g/mol. The minimum absolute atomic E-state index is 0.667. The first kappa shape index (κ1) is 9.42. The van der Waals surface area contributed by atoms with Crippen LogP contribution in [0.3, 0.4) is 0 Å². The molecule has 0 radical (unpaired) electrons. The van der Waals surface area contributed by atoms with E-state index in [9.17, 15) is 0 Å².